The molecule has 4 nitrogen and oxygen atoms in total. The number of hydrogen-bond donors (Lipinski definition) is 1. The summed E-state index contributed by atoms with van der Waals surface area (Å²) < 4.78 is 26.6. The molecule has 21 heavy (non-hydrogen) atoms. The molecule has 0 amide bonds. The quantitative estimate of drug-likeness (QED) is 0.878. The zero-order valence-electron chi connectivity index (χ0n) is 11.8. The fraction of sp³-hybridized carbons (Fsp3) is 0.200. The zero-order valence-corrected chi connectivity index (χ0v) is 13.4. The summed E-state index contributed by atoms with van der Waals surface area (Å²) in [4.78, 5) is 0.119. The molecule has 1 unspecified atom stereocenters. The van der Waals surface area contributed by atoms with Crippen LogP contribution in [0.3, 0.4) is 0 Å². The number of nitrogen functional groups attached to an aromatic ring is 1. The molecule has 0 aliphatic rings. The van der Waals surface area contributed by atoms with E-state index in [2.05, 4.69) is 0 Å². The highest BCUT2D eigenvalue weighted by Crippen LogP contribution is 2.28. The van der Waals surface area contributed by atoms with E-state index in [1.165, 1.54) is 10.4 Å². The van der Waals surface area contributed by atoms with Gasteiger partial charge in [0.2, 0.25) is 10.0 Å². The van der Waals surface area contributed by atoms with Crippen molar-refractivity contribution in [2.45, 2.75) is 17.9 Å². The predicted octanol–water partition coefficient (Wildman–Crippen LogP) is 3.30. The maximum absolute atomic E-state index is 12.7. The first-order valence-corrected chi connectivity index (χ1v) is 8.24. The van der Waals surface area contributed by atoms with Crippen LogP contribution in [0.2, 0.25) is 5.02 Å². The summed E-state index contributed by atoms with van der Waals surface area (Å²) in [5, 5.41) is 0.615. The van der Waals surface area contributed by atoms with E-state index in [4.69, 9.17) is 17.3 Å². The number of nitrogens with zero attached hydrogens (tertiary/aromatic N) is 1. The molecule has 0 fully saturated rings. The van der Waals surface area contributed by atoms with Gasteiger partial charge in [0.15, 0.2) is 0 Å². The minimum atomic E-state index is -3.65. The molecule has 0 aromatic heterocycles. The number of hydrogen-bond acceptors (Lipinski definition) is 3. The summed E-state index contributed by atoms with van der Waals surface area (Å²) in [6.07, 6.45) is 0. The lowest BCUT2D eigenvalue weighted by atomic mass is 10.1. The van der Waals surface area contributed by atoms with E-state index in [1.54, 1.807) is 37.4 Å². The van der Waals surface area contributed by atoms with E-state index < -0.39 is 10.0 Å². The monoisotopic (exact) mass is 324 g/mol. The van der Waals surface area contributed by atoms with Crippen LogP contribution in [0.4, 0.5) is 5.69 Å². The molecule has 2 aromatic carbocycles. The van der Waals surface area contributed by atoms with Gasteiger partial charge in [0.1, 0.15) is 4.90 Å². The molecule has 0 spiro atoms. The van der Waals surface area contributed by atoms with E-state index in [1.807, 2.05) is 19.1 Å². The third kappa shape index (κ3) is 3.20. The largest absolute Gasteiger partial charge is 0.398 e. The van der Waals surface area contributed by atoms with Crippen LogP contribution in [0.5, 0.6) is 0 Å². The van der Waals surface area contributed by atoms with Crippen molar-refractivity contribution in [1.29, 1.82) is 0 Å². The van der Waals surface area contributed by atoms with Crippen molar-refractivity contribution in [3.05, 3.63) is 59.1 Å². The predicted molar refractivity (Wildman–Crippen MR) is 85.7 cm³/mol. The van der Waals surface area contributed by atoms with Crippen LogP contribution in [0.15, 0.2) is 53.4 Å². The van der Waals surface area contributed by atoms with Gasteiger partial charge in [0, 0.05) is 18.1 Å². The number of anilines is 1. The van der Waals surface area contributed by atoms with Crippen LogP contribution in [0.25, 0.3) is 0 Å². The second-order valence-electron chi connectivity index (χ2n) is 4.79. The zero-order chi connectivity index (χ0) is 15.6. The van der Waals surface area contributed by atoms with Gasteiger partial charge in [-0.05, 0) is 36.8 Å². The highest BCUT2D eigenvalue weighted by molar-refractivity contribution is 7.89. The second-order valence-corrected chi connectivity index (χ2v) is 7.19. The molecule has 6 heteroatoms. The van der Waals surface area contributed by atoms with Crippen molar-refractivity contribution >= 4 is 27.3 Å². The van der Waals surface area contributed by atoms with Crippen molar-refractivity contribution in [3.63, 3.8) is 0 Å². The number of halogens is 1. The molecule has 0 aliphatic carbocycles. The lowest BCUT2D eigenvalue weighted by Crippen LogP contribution is -2.30. The van der Waals surface area contributed by atoms with Gasteiger partial charge in [0.05, 0.1) is 5.69 Å². The SMILES string of the molecule is CC(c1ccc(Cl)cc1)N(C)S(=O)(=O)c1ccccc1N. The number of benzene rings is 2. The maximum Gasteiger partial charge on any atom is 0.245 e. The standard InChI is InChI=1S/C15H17ClN2O2S/c1-11(12-7-9-13(16)10-8-12)18(2)21(19,20)15-6-4-3-5-14(15)17/h3-11H,17H2,1-2H3. The average molecular weight is 325 g/mol. The molecular weight excluding hydrogens is 308 g/mol. The van der Waals surface area contributed by atoms with Gasteiger partial charge in [-0.25, -0.2) is 8.42 Å². The summed E-state index contributed by atoms with van der Waals surface area (Å²) >= 11 is 5.85. The molecule has 0 bridgehead atoms. The molecule has 1 atom stereocenters. The van der Waals surface area contributed by atoms with Gasteiger partial charge in [-0.2, -0.15) is 4.31 Å². The lowest BCUT2D eigenvalue weighted by Gasteiger charge is -2.25. The van der Waals surface area contributed by atoms with Gasteiger partial charge in [-0.3, -0.25) is 0 Å². The Kier molecular flexibility index (Phi) is 4.56. The third-order valence-electron chi connectivity index (χ3n) is 3.47. The van der Waals surface area contributed by atoms with E-state index in [0.29, 0.717) is 5.02 Å². The smallest absolute Gasteiger partial charge is 0.245 e. The number of rotatable bonds is 4. The first-order chi connectivity index (χ1) is 9.84. The van der Waals surface area contributed by atoms with Crippen LogP contribution in [-0.4, -0.2) is 19.8 Å². The van der Waals surface area contributed by atoms with Gasteiger partial charge < -0.3 is 5.73 Å². The topological polar surface area (TPSA) is 63.4 Å². The highest BCUT2D eigenvalue weighted by Gasteiger charge is 2.27. The fourth-order valence-electron chi connectivity index (χ4n) is 2.03. The molecule has 0 saturated heterocycles. The van der Waals surface area contributed by atoms with Gasteiger partial charge in [0.25, 0.3) is 0 Å². The minimum Gasteiger partial charge on any atom is -0.398 e. The van der Waals surface area contributed by atoms with E-state index >= 15 is 0 Å². The van der Waals surface area contributed by atoms with Crippen LogP contribution >= 0.6 is 11.6 Å². The fourth-order valence-corrected chi connectivity index (χ4v) is 3.62. The van der Waals surface area contributed by atoms with Crippen LogP contribution in [0, 0.1) is 0 Å². The van der Waals surface area contributed by atoms with Crippen molar-refractivity contribution < 1.29 is 8.42 Å². The Morgan fingerprint density at radius 1 is 1.10 bits per heavy atom. The Morgan fingerprint density at radius 2 is 1.67 bits per heavy atom. The summed E-state index contributed by atoms with van der Waals surface area (Å²) in [6, 6.07) is 13.2. The van der Waals surface area contributed by atoms with E-state index in [-0.39, 0.29) is 16.6 Å². The summed E-state index contributed by atoms with van der Waals surface area (Å²) in [5.74, 6) is 0. The highest BCUT2D eigenvalue weighted by atomic mass is 35.5. The molecule has 0 radical (unpaired) electrons. The normalized spacial score (nSPS) is 13.3. The number of para-hydroxylation sites is 1. The third-order valence-corrected chi connectivity index (χ3v) is 5.73. The molecule has 0 heterocycles. The molecule has 0 saturated carbocycles. The molecular formula is C15H17ClN2O2S. The Bertz CT molecular complexity index is 730. The van der Waals surface area contributed by atoms with Crippen molar-refractivity contribution in [3.8, 4) is 0 Å². The average Bonchev–Trinajstić information content (AvgIpc) is 2.46. The van der Waals surface area contributed by atoms with Crippen LogP contribution in [0.1, 0.15) is 18.5 Å². The Hall–Kier alpha value is -1.56. The molecule has 112 valence electrons. The molecule has 2 aromatic rings. The Balaban J connectivity index is 2.36. The molecule has 2 N–H and O–H groups in total. The number of nitrogens with two attached hydrogens (primary N) is 1. The van der Waals surface area contributed by atoms with Crippen LogP contribution < -0.4 is 5.73 Å². The van der Waals surface area contributed by atoms with E-state index in [0.717, 1.165) is 5.56 Å². The lowest BCUT2D eigenvalue weighted by molar-refractivity contribution is 0.398. The number of sulfonamides is 1. The van der Waals surface area contributed by atoms with E-state index in [9.17, 15) is 8.42 Å². The first-order valence-electron chi connectivity index (χ1n) is 6.42. The van der Waals surface area contributed by atoms with Crippen molar-refractivity contribution in [1.82, 2.24) is 4.31 Å². The molecule has 0 aliphatic heterocycles. The Labute approximate surface area is 130 Å². The summed E-state index contributed by atoms with van der Waals surface area (Å²) in [7, 11) is -2.11. The van der Waals surface area contributed by atoms with Crippen molar-refractivity contribution in [2.24, 2.45) is 0 Å². The van der Waals surface area contributed by atoms with Gasteiger partial charge in [-0.1, -0.05) is 35.9 Å². The molecule has 2 rings (SSSR count). The van der Waals surface area contributed by atoms with Gasteiger partial charge >= 0.3 is 0 Å². The second kappa shape index (κ2) is 6.05. The summed E-state index contributed by atoms with van der Waals surface area (Å²) in [6.45, 7) is 1.82. The Morgan fingerprint density at radius 3 is 2.24 bits per heavy atom. The minimum absolute atomic E-state index is 0.119. The van der Waals surface area contributed by atoms with Crippen LogP contribution in [-0.2, 0) is 10.0 Å². The maximum atomic E-state index is 12.7. The van der Waals surface area contributed by atoms with Gasteiger partial charge in [-0.15, -0.1) is 0 Å². The van der Waals surface area contributed by atoms with Crippen molar-refractivity contribution in [2.75, 3.05) is 12.8 Å². The first kappa shape index (κ1) is 15.8. The summed E-state index contributed by atoms with van der Waals surface area (Å²) in [5.41, 5.74) is 6.88.